The van der Waals surface area contributed by atoms with E-state index in [1.165, 1.54) is 11.2 Å². The molecular formula is C25H24N2O5. The Morgan fingerprint density at radius 3 is 2.53 bits per heavy atom. The number of carbonyl (C=O) groups is 3. The third-order valence-electron chi connectivity index (χ3n) is 5.26. The van der Waals surface area contributed by atoms with Crippen molar-refractivity contribution in [3.05, 3.63) is 83.8 Å². The Bertz CT molecular complexity index is 1140. The van der Waals surface area contributed by atoms with Crippen molar-refractivity contribution >= 4 is 23.3 Å². The Morgan fingerprint density at radius 1 is 1.03 bits per heavy atom. The van der Waals surface area contributed by atoms with Gasteiger partial charge in [0.2, 0.25) is 11.7 Å². The average molecular weight is 432 g/mol. The number of ether oxygens (including phenoxy) is 1. The van der Waals surface area contributed by atoms with E-state index in [1.54, 1.807) is 44.2 Å². The first kappa shape index (κ1) is 21.4. The first-order valence-electron chi connectivity index (χ1n) is 10.4. The van der Waals surface area contributed by atoms with Gasteiger partial charge in [-0.2, -0.15) is 0 Å². The minimum atomic E-state index is -1.14. The Hall–Kier alpha value is -3.87. The molecule has 0 radical (unpaired) electrons. The molecule has 3 aromatic rings. The van der Waals surface area contributed by atoms with Gasteiger partial charge >= 0.3 is 0 Å². The van der Waals surface area contributed by atoms with Crippen molar-refractivity contribution in [3.8, 4) is 5.75 Å². The molecule has 0 unspecified atom stereocenters. The smallest absolute Gasteiger partial charge is 0.271 e. The SMILES string of the molecule is CC1(C)Oc2ccc(C(=O)c3ccco3)cc2N(CC(=O)NCCc2ccccc2)C1=O. The molecule has 0 fully saturated rings. The summed E-state index contributed by atoms with van der Waals surface area (Å²) in [6.45, 7) is 3.58. The molecule has 7 heteroatoms. The van der Waals surface area contributed by atoms with Crippen LogP contribution in [0.5, 0.6) is 5.75 Å². The van der Waals surface area contributed by atoms with E-state index in [2.05, 4.69) is 5.32 Å². The third-order valence-corrected chi connectivity index (χ3v) is 5.26. The predicted molar refractivity (Wildman–Crippen MR) is 119 cm³/mol. The van der Waals surface area contributed by atoms with Crippen LogP contribution in [0, 0.1) is 0 Å². The molecule has 0 atom stereocenters. The summed E-state index contributed by atoms with van der Waals surface area (Å²) in [7, 11) is 0. The number of hydrogen-bond donors (Lipinski definition) is 1. The Kier molecular flexibility index (Phi) is 5.81. The number of hydrogen-bond acceptors (Lipinski definition) is 5. The summed E-state index contributed by atoms with van der Waals surface area (Å²) in [4.78, 5) is 39.8. The van der Waals surface area contributed by atoms with Gasteiger partial charge in [-0.15, -0.1) is 0 Å². The number of fused-ring (bicyclic) bond motifs is 1. The predicted octanol–water partition coefficient (Wildman–Crippen LogP) is 3.37. The number of rotatable bonds is 7. The quantitative estimate of drug-likeness (QED) is 0.578. The van der Waals surface area contributed by atoms with Crippen LogP contribution >= 0.6 is 0 Å². The summed E-state index contributed by atoms with van der Waals surface area (Å²) in [6, 6.07) is 17.8. The summed E-state index contributed by atoms with van der Waals surface area (Å²) in [6.07, 6.45) is 2.11. The van der Waals surface area contributed by atoms with Gasteiger partial charge in [-0.1, -0.05) is 30.3 Å². The van der Waals surface area contributed by atoms with Gasteiger partial charge in [0, 0.05) is 12.1 Å². The van der Waals surface area contributed by atoms with E-state index >= 15 is 0 Å². The fourth-order valence-corrected chi connectivity index (χ4v) is 3.61. The first-order valence-corrected chi connectivity index (χ1v) is 10.4. The van der Waals surface area contributed by atoms with Crippen LogP contribution in [0.1, 0.15) is 35.5 Å². The molecule has 2 heterocycles. The number of benzene rings is 2. The maximum Gasteiger partial charge on any atom is 0.271 e. The fraction of sp³-hybridized carbons (Fsp3) is 0.240. The van der Waals surface area contributed by atoms with Crippen molar-refractivity contribution in [2.75, 3.05) is 18.0 Å². The molecule has 0 saturated carbocycles. The molecule has 2 amide bonds. The summed E-state index contributed by atoms with van der Waals surface area (Å²) < 4.78 is 11.0. The summed E-state index contributed by atoms with van der Waals surface area (Å²) in [5.74, 6) is -0.338. The molecule has 32 heavy (non-hydrogen) atoms. The van der Waals surface area contributed by atoms with Gasteiger partial charge in [0.1, 0.15) is 12.3 Å². The number of anilines is 1. The molecule has 4 rings (SSSR count). The zero-order chi connectivity index (χ0) is 22.7. The van der Waals surface area contributed by atoms with E-state index in [0.29, 0.717) is 30.0 Å². The van der Waals surface area contributed by atoms with Gasteiger partial charge in [-0.25, -0.2) is 0 Å². The second kappa shape index (κ2) is 8.70. The number of furan rings is 1. The molecule has 1 aromatic heterocycles. The number of ketones is 1. The van der Waals surface area contributed by atoms with Crippen molar-refractivity contribution in [1.82, 2.24) is 5.32 Å². The molecular weight excluding hydrogens is 408 g/mol. The van der Waals surface area contributed by atoms with Gasteiger partial charge in [0.05, 0.1) is 12.0 Å². The maximum atomic E-state index is 13.1. The highest BCUT2D eigenvalue weighted by molar-refractivity contribution is 6.10. The molecule has 7 nitrogen and oxygen atoms in total. The van der Waals surface area contributed by atoms with Crippen LogP contribution in [-0.4, -0.2) is 36.3 Å². The van der Waals surface area contributed by atoms with Crippen LogP contribution in [0.3, 0.4) is 0 Å². The van der Waals surface area contributed by atoms with Crippen molar-refractivity contribution in [1.29, 1.82) is 0 Å². The third kappa shape index (κ3) is 4.42. The molecule has 164 valence electrons. The van der Waals surface area contributed by atoms with E-state index in [1.807, 2.05) is 30.3 Å². The van der Waals surface area contributed by atoms with Crippen LogP contribution in [0.4, 0.5) is 5.69 Å². The van der Waals surface area contributed by atoms with E-state index in [9.17, 15) is 14.4 Å². The molecule has 0 spiro atoms. The first-order chi connectivity index (χ1) is 15.3. The minimum absolute atomic E-state index is 0.175. The zero-order valence-electron chi connectivity index (χ0n) is 18.0. The lowest BCUT2D eigenvalue weighted by atomic mass is 10.0. The fourth-order valence-electron chi connectivity index (χ4n) is 3.61. The monoisotopic (exact) mass is 432 g/mol. The lowest BCUT2D eigenvalue weighted by Gasteiger charge is -2.38. The molecule has 1 N–H and O–H groups in total. The molecule has 2 aromatic carbocycles. The number of amides is 2. The van der Waals surface area contributed by atoms with Crippen LogP contribution in [0.25, 0.3) is 0 Å². The van der Waals surface area contributed by atoms with Crippen LogP contribution in [0.2, 0.25) is 0 Å². The molecule has 0 aliphatic carbocycles. The van der Waals surface area contributed by atoms with Crippen molar-refractivity contribution < 1.29 is 23.5 Å². The van der Waals surface area contributed by atoms with E-state index in [-0.39, 0.29) is 29.9 Å². The van der Waals surface area contributed by atoms with Gasteiger partial charge in [0.25, 0.3) is 5.91 Å². The number of nitrogens with zero attached hydrogens (tertiary/aromatic N) is 1. The molecule has 0 saturated heterocycles. The highest BCUT2D eigenvalue weighted by atomic mass is 16.5. The van der Waals surface area contributed by atoms with Gasteiger partial charge < -0.3 is 14.5 Å². The normalized spacial score (nSPS) is 14.4. The van der Waals surface area contributed by atoms with E-state index in [4.69, 9.17) is 9.15 Å². The lowest BCUT2D eigenvalue weighted by molar-refractivity contribution is -0.134. The standard InChI is InChI=1S/C25H24N2O5/c1-25(2)24(30)27(16-22(28)26-13-12-17-7-4-3-5-8-17)19-15-18(10-11-20(19)32-25)23(29)21-9-6-14-31-21/h3-11,14-15H,12-13,16H2,1-2H3,(H,26,28). The molecule has 1 aliphatic heterocycles. The second-order valence-electron chi connectivity index (χ2n) is 8.08. The van der Waals surface area contributed by atoms with Gasteiger partial charge in [-0.05, 0) is 56.2 Å². The van der Waals surface area contributed by atoms with E-state index in [0.717, 1.165) is 5.56 Å². The highest BCUT2D eigenvalue weighted by Crippen LogP contribution is 2.38. The highest BCUT2D eigenvalue weighted by Gasteiger charge is 2.41. The maximum absolute atomic E-state index is 13.1. The lowest BCUT2D eigenvalue weighted by Crippen LogP contribution is -2.55. The Labute approximate surface area is 186 Å². The second-order valence-corrected chi connectivity index (χ2v) is 8.08. The average Bonchev–Trinajstić information content (AvgIpc) is 3.32. The van der Waals surface area contributed by atoms with Crippen LogP contribution in [0.15, 0.2) is 71.3 Å². The zero-order valence-corrected chi connectivity index (χ0v) is 18.0. The Morgan fingerprint density at radius 2 is 1.81 bits per heavy atom. The van der Waals surface area contributed by atoms with Crippen molar-refractivity contribution in [2.24, 2.45) is 0 Å². The van der Waals surface area contributed by atoms with Crippen molar-refractivity contribution in [2.45, 2.75) is 25.9 Å². The van der Waals surface area contributed by atoms with Crippen LogP contribution < -0.4 is 15.0 Å². The topological polar surface area (TPSA) is 88.8 Å². The van der Waals surface area contributed by atoms with Gasteiger partial charge in [-0.3, -0.25) is 19.3 Å². The summed E-state index contributed by atoms with van der Waals surface area (Å²) in [5.41, 5.74) is 0.696. The molecule has 1 aliphatic rings. The number of carbonyl (C=O) groups excluding carboxylic acids is 3. The largest absolute Gasteiger partial charge is 0.476 e. The Balaban J connectivity index is 1.53. The minimum Gasteiger partial charge on any atom is -0.476 e. The number of nitrogens with one attached hydrogen (secondary N) is 1. The van der Waals surface area contributed by atoms with E-state index < -0.39 is 5.60 Å². The van der Waals surface area contributed by atoms with Crippen molar-refractivity contribution in [3.63, 3.8) is 0 Å². The van der Waals surface area contributed by atoms with Gasteiger partial charge in [0.15, 0.2) is 11.4 Å². The summed E-state index contributed by atoms with van der Waals surface area (Å²) >= 11 is 0. The summed E-state index contributed by atoms with van der Waals surface area (Å²) in [5, 5.41) is 2.86. The molecule has 0 bridgehead atoms. The van der Waals surface area contributed by atoms with Crippen LogP contribution in [-0.2, 0) is 16.0 Å².